The second-order valence-electron chi connectivity index (χ2n) is 3.93. The number of hydrogen-bond acceptors (Lipinski definition) is 4. The average molecular weight is 219 g/mol. The number of hydrogen-bond donors (Lipinski definition) is 2. The van der Waals surface area contributed by atoms with E-state index in [9.17, 15) is 0 Å². The molecule has 16 heavy (non-hydrogen) atoms. The van der Waals surface area contributed by atoms with Gasteiger partial charge in [0.1, 0.15) is 11.8 Å². The van der Waals surface area contributed by atoms with Gasteiger partial charge in [-0.15, -0.1) is 0 Å². The number of aromatic nitrogens is 1. The molecule has 0 amide bonds. The molecule has 2 rings (SSSR count). The fourth-order valence-corrected chi connectivity index (χ4v) is 1.87. The number of rotatable bonds is 3. The van der Waals surface area contributed by atoms with Crippen molar-refractivity contribution in [2.75, 3.05) is 6.61 Å². The topological polar surface area (TPSA) is 60.2 Å². The van der Waals surface area contributed by atoms with Gasteiger partial charge in [-0.3, -0.25) is 10.8 Å². The molecule has 2 heterocycles. The van der Waals surface area contributed by atoms with Crippen LogP contribution in [0.3, 0.4) is 0 Å². The van der Waals surface area contributed by atoms with Gasteiger partial charge in [0.05, 0.1) is 6.61 Å². The van der Waals surface area contributed by atoms with E-state index >= 15 is 0 Å². The van der Waals surface area contributed by atoms with Crippen LogP contribution in [-0.4, -0.2) is 11.6 Å². The van der Waals surface area contributed by atoms with Gasteiger partial charge in [-0.25, -0.2) is 5.43 Å². The Morgan fingerprint density at radius 1 is 1.56 bits per heavy atom. The molecule has 0 radical (unpaired) electrons. The Bertz CT molecular complexity index is 390. The van der Waals surface area contributed by atoms with Crippen molar-refractivity contribution in [1.82, 2.24) is 10.4 Å². The summed E-state index contributed by atoms with van der Waals surface area (Å²) in [5.74, 6) is 6.51. The Hall–Kier alpha value is -1.39. The third kappa shape index (κ3) is 2.40. The SMILES string of the molecule is Cc1cc(C(NN)C2=CCCCO2)ccn1. The van der Waals surface area contributed by atoms with Gasteiger partial charge in [0, 0.05) is 11.9 Å². The van der Waals surface area contributed by atoms with Crippen molar-refractivity contribution >= 4 is 0 Å². The van der Waals surface area contributed by atoms with Crippen molar-refractivity contribution < 1.29 is 4.74 Å². The first-order valence-electron chi connectivity index (χ1n) is 5.53. The molecule has 1 aromatic heterocycles. The molecule has 0 aliphatic carbocycles. The quantitative estimate of drug-likeness (QED) is 0.598. The highest BCUT2D eigenvalue weighted by Gasteiger charge is 2.18. The molecule has 0 spiro atoms. The maximum absolute atomic E-state index is 5.62. The van der Waals surface area contributed by atoms with Crippen molar-refractivity contribution in [2.45, 2.75) is 25.8 Å². The lowest BCUT2D eigenvalue weighted by atomic mass is 10.0. The number of hydrazine groups is 1. The first-order chi connectivity index (χ1) is 7.81. The second kappa shape index (κ2) is 5.09. The second-order valence-corrected chi connectivity index (χ2v) is 3.93. The first kappa shape index (κ1) is 11.1. The summed E-state index contributed by atoms with van der Waals surface area (Å²) in [5, 5.41) is 0. The molecule has 86 valence electrons. The van der Waals surface area contributed by atoms with Gasteiger partial charge in [-0.05, 0) is 43.5 Å². The Morgan fingerprint density at radius 2 is 2.44 bits per heavy atom. The molecular formula is C12H17N3O. The van der Waals surface area contributed by atoms with Gasteiger partial charge in [0.15, 0.2) is 0 Å². The molecule has 1 atom stereocenters. The van der Waals surface area contributed by atoms with Gasteiger partial charge in [0.2, 0.25) is 0 Å². The highest BCUT2D eigenvalue weighted by atomic mass is 16.5. The van der Waals surface area contributed by atoms with E-state index in [0.717, 1.165) is 36.5 Å². The predicted octanol–water partition coefficient (Wildman–Crippen LogP) is 1.59. The van der Waals surface area contributed by atoms with E-state index in [-0.39, 0.29) is 6.04 Å². The zero-order valence-electron chi connectivity index (χ0n) is 9.44. The fourth-order valence-electron chi connectivity index (χ4n) is 1.87. The molecule has 0 aromatic carbocycles. The molecule has 0 saturated heterocycles. The van der Waals surface area contributed by atoms with Gasteiger partial charge < -0.3 is 4.74 Å². The van der Waals surface area contributed by atoms with E-state index in [1.54, 1.807) is 6.20 Å². The minimum absolute atomic E-state index is 0.0676. The predicted molar refractivity (Wildman–Crippen MR) is 62.3 cm³/mol. The van der Waals surface area contributed by atoms with Gasteiger partial charge in [-0.1, -0.05) is 0 Å². The molecule has 1 aliphatic rings. The van der Waals surface area contributed by atoms with Crippen molar-refractivity contribution in [3.05, 3.63) is 41.4 Å². The average Bonchev–Trinajstić information content (AvgIpc) is 2.31. The number of nitrogens with one attached hydrogen (secondary N) is 1. The fraction of sp³-hybridized carbons (Fsp3) is 0.417. The minimum Gasteiger partial charge on any atom is -0.496 e. The molecule has 0 saturated carbocycles. The molecular weight excluding hydrogens is 202 g/mol. The van der Waals surface area contributed by atoms with Crippen LogP contribution in [0.1, 0.15) is 30.1 Å². The van der Waals surface area contributed by atoms with Gasteiger partial charge >= 0.3 is 0 Å². The van der Waals surface area contributed by atoms with Crippen LogP contribution in [0.4, 0.5) is 0 Å². The monoisotopic (exact) mass is 219 g/mol. The Balaban J connectivity index is 2.25. The molecule has 3 N–H and O–H groups in total. The Morgan fingerprint density at radius 3 is 3.06 bits per heavy atom. The molecule has 1 aromatic rings. The van der Waals surface area contributed by atoms with E-state index in [1.165, 1.54) is 0 Å². The van der Waals surface area contributed by atoms with Crippen molar-refractivity contribution in [2.24, 2.45) is 5.84 Å². The van der Waals surface area contributed by atoms with Gasteiger partial charge in [-0.2, -0.15) is 0 Å². The maximum Gasteiger partial charge on any atom is 0.115 e. The number of ether oxygens (including phenoxy) is 1. The number of pyridine rings is 1. The number of nitrogens with zero attached hydrogens (tertiary/aromatic N) is 1. The highest BCUT2D eigenvalue weighted by Crippen LogP contribution is 2.25. The molecule has 4 nitrogen and oxygen atoms in total. The Kier molecular flexibility index (Phi) is 3.54. The summed E-state index contributed by atoms with van der Waals surface area (Å²) in [4.78, 5) is 4.17. The first-order valence-corrected chi connectivity index (χ1v) is 5.53. The minimum atomic E-state index is -0.0676. The van der Waals surface area contributed by atoms with Crippen LogP contribution < -0.4 is 11.3 Å². The summed E-state index contributed by atoms with van der Waals surface area (Å²) < 4.78 is 5.62. The van der Waals surface area contributed by atoms with Crippen LogP contribution in [0, 0.1) is 6.92 Å². The van der Waals surface area contributed by atoms with Crippen molar-refractivity contribution in [3.63, 3.8) is 0 Å². The van der Waals surface area contributed by atoms with E-state index in [2.05, 4.69) is 16.5 Å². The lowest BCUT2D eigenvalue weighted by Crippen LogP contribution is -2.31. The van der Waals surface area contributed by atoms with E-state index in [0.29, 0.717) is 0 Å². The lowest BCUT2D eigenvalue weighted by Gasteiger charge is -2.23. The van der Waals surface area contributed by atoms with Crippen LogP contribution >= 0.6 is 0 Å². The third-order valence-electron chi connectivity index (χ3n) is 2.67. The van der Waals surface area contributed by atoms with Crippen molar-refractivity contribution in [1.29, 1.82) is 0 Å². The molecule has 0 fully saturated rings. The summed E-state index contributed by atoms with van der Waals surface area (Å²) in [5.41, 5.74) is 4.86. The number of allylic oxidation sites excluding steroid dienone is 1. The number of aryl methyl sites for hydroxylation is 1. The van der Waals surface area contributed by atoms with Crippen LogP contribution in [0.5, 0.6) is 0 Å². The smallest absolute Gasteiger partial charge is 0.115 e. The van der Waals surface area contributed by atoms with Crippen LogP contribution in [0.15, 0.2) is 30.2 Å². The summed E-state index contributed by atoms with van der Waals surface area (Å²) in [6.45, 7) is 2.74. The van der Waals surface area contributed by atoms with Gasteiger partial charge in [0.25, 0.3) is 0 Å². The molecule has 4 heteroatoms. The Labute approximate surface area is 95.5 Å². The van der Waals surface area contributed by atoms with Crippen LogP contribution in [0.2, 0.25) is 0 Å². The largest absolute Gasteiger partial charge is 0.496 e. The van der Waals surface area contributed by atoms with Crippen LogP contribution in [0.25, 0.3) is 0 Å². The van der Waals surface area contributed by atoms with Crippen LogP contribution in [-0.2, 0) is 4.74 Å². The highest BCUT2D eigenvalue weighted by molar-refractivity contribution is 5.26. The molecule has 1 aliphatic heterocycles. The molecule has 1 unspecified atom stereocenters. The maximum atomic E-state index is 5.62. The number of nitrogens with two attached hydrogens (primary N) is 1. The summed E-state index contributed by atoms with van der Waals surface area (Å²) in [7, 11) is 0. The third-order valence-corrected chi connectivity index (χ3v) is 2.67. The standard InChI is InChI=1S/C12H17N3O/c1-9-8-10(5-6-14-9)12(15-13)11-4-2-3-7-16-11/h4-6,8,12,15H,2-3,7,13H2,1H3. The normalized spacial score (nSPS) is 17.5. The zero-order chi connectivity index (χ0) is 11.4. The summed E-state index contributed by atoms with van der Waals surface area (Å²) >= 11 is 0. The van der Waals surface area contributed by atoms with E-state index in [1.807, 2.05) is 19.1 Å². The summed E-state index contributed by atoms with van der Waals surface area (Å²) in [6.07, 6.45) is 6.02. The van der Waals surface area contributed by atoms with E-state index in [4.69, 9.17) is 10.6 Å². The summed E-state index contributed by atoms with van der Waals surface area (Å²) in [6, 6.07) is 3.90. The molecule has 0 bridgehead atoms. The van der Waals surface area contributed by atoms with E-state index < -0.39 is 0 Å². The lowest BCUT2D eigenvalue weighted by molar-refractivity contribution is 0.168. The zero-order valence-corrected chi connectivity index (χ0v) is 9.44. The van der Waals surface area contributed by atoms with Crippen molar-refractivity contribution in [3.8, 4) is 0 Å².